The summed E-state index contributed by atoms with van der Waals surface area (Å²) in [6, 6.07) is 0. The van der Waals surface area contributed by atoms with Gasteiger partial charge in [-0.3, -0.25) is 0 Å². The van der Waals surface area contributed by atoms with E-state index in [0.29, 0.717) is 5.95 Å². The average molecular weight is 256 g/mol. The minimum Gasteiger partial charge on any atom is -0.340 e. The van der Waals surface area contributed by atoms with Crippen molar-refractivity contribution >= 4 is 15.8 Å². The summed E-state index contributed by atoms with van der Waals surface area (Å²) >= 11 is 0. The average Bonchev–Trinajstić information content (AvgIpc) is 2.56. The molecule has 1 aliphatic heterocycles. The number of rotatable bonds is 2. The molecule has 0 atom stereocenters. The van der Waals surface area contributed by atoms with Crippen LogP contribution < -0.4 is 10.2 Å². The highest BCUT2D eigenvalue weighted by Gasteiger charge is 2.13. The Bertz CT molecular complexity index is 464. The van der Waals surface area contributed by atoms with Crippen LogP contribution in [-0.4, -0.2) is 50.8 Å². The smallest absolute Gasteiger partial charge is 0.225 e. The maximum Gasteiger partial charge on any atom is 0.225 e. The minimum atomic E-state index is -3.21. The molecule has 1 saturated heterocycles. The van der Waals surface area contributed by atoms with Crippen LogP contribution in [0.3, 0.4) is 0 Å². The van der Waals surface area contributed by atoms with Crippen LogP contribution in [0.1, 0.15) is 6.42 Å². The molecular weight excluding hydrogens is 240 g/mol. The van der Waals surface area contributed by atoms with Crippen molar-refractivity contribution in [2.24, 2.45) is 0 Å². The van der Waals surface area contributed by atoms with Crippen molar-refractivity contribution in [3.63, 3.8) is 0 Å². The number of nitrogens with one attached hydrogen (secondary N) is 1. The van der Waals surface area contributed by atoms with E-state index >= 15 is 0 Å². The zero-order chi connectivity index (χ0) is 12.3. The molecule has 2 rings (SSSR count). The Labute approximate surface area is 101 Å². The van der Waals surface area contributed by atoms with E-state index in [1.54, 1.807) is 0 Å². The van der Waals surface area contributed by atoms with Gasteiger partial charge < -0.3 is 10.2 Å². The van der Waals surface area contributed by atoms with Crippen LogP contribution in [0.4, 0.5) is 5.95 Å². The van der Waals surface area contributed by atoms with Crippen LogP contribution in [0, 0.1) is 0 Å². The monoisotopic (exact) mass is 256 g/mol. The Kier molecular flexibility index (Phi) is 3.58. The number of hydrogen-bond acceptors (Lipinski definition) is 6. The summed E-state index contributed by atoms with van der Waals surface area (Å²) in [5.74, 6) is 0.598. The highest BCUT2D eigenvalue weighted by atomic mass is 32.2. The summed E-state index contributed by atoms with van der Waals surface area (Å²) in [6.07, 6.45) is 4.93. The highest BCUT2D eigenvalue weighted by molar-refractivity contribution is 7.90. The molecule has 0 radical (unpaired) electrons. The molecule has 1 fully saturated rings. The molecule has 0 unspecified atom stereocenters. The van der Waals surface area contributed by atoms with E-state index in [2.05, 4.69) is 20.2 Å². The van der Waals surface area contributed by atoms with Crippen LogP contribution >= 0.6 is 0 Å². The van der Waals surface area contributed by atoms with Crippen molar-refractivity contribution in [3.05, 3.63) is 12.4 Å². The van der Waals surface area contributed by atoms with Crippen LogP contribution in [0.2, 0.25) is 0 Å². The van der Waals surface area contributed by atoms with E-state index in [1.165, 1.54) is 12.4 Å². The highest BCUT2D eigenvalue weighted by Crippen LogP contribution is 2.11. The topological polar surface area (TPSA) is 75.2 Å². The van der Waals surface area contributed by atoms with E-state index in [1.807, 2.05) is 0 Å². The Morgan fingerprint density at radius 3 is 2.59 bits per heavy atom. The molecule has 1 aromatic heterocycles. The van der Waals surface area contributed by atoms with Crippen LogP contribution in [0.15, 0.2) is 17.3 Å². The minimum absolute atomic E-state index is 0.161. The Hall–Kier alpha value is -1.21. The summed E-state index contributed by atoms with van der Waals surface area (Å²) in [5, 5.41) is 3.29. The predicted octanol–water partition coefficient (Wildman–Crippen LogP) is -0.320. The van der Waals surface area contributed by atoms with Crippen molar-refractivity contribution < 1.29 is 8.42 Å². The van der Waals surface area contributed by atoms with Gasteiger partial charge in [-0.05, 0) is 13.0 Å². The van der Waals surface area contributed by atoms with Crippen LogP contribution in [-0.2, 0) is 9.84 Å². The maximum absolute atomic E-state index is 11.3. The second-order valence-corrected chi connectivity index (χ2v) is 6.10. The zero-order valence-corrected chi connectivity index (χ0v) is 10.6. The van der Waals surface area contributed by atoms with Gasteiger partial charge >= 0.3 is 0 Å². The normalized spacial score (nSPS) is 17.8. The first-order valence-corrected chi connectivity index (χ1v) is 7.44. The third kappa shape index (κ3) is 3.13. The van der Waals surface area contributed by atoms with E-state index in [-0.39, 0.29) is 4.90 Å². The van der Waals surface area contributed by atoms with E-state index in [4.69, 9.17) is 0 Å². The van der Waals surface area contributed by atoms with Crippen molar-refractivity contribution in [3.8, 4) is 0 Å². The molecule has 7 heteroatoms. The molecule has 1 aromatic rings. The van der Waals surface area contributed by atoms with E-state index in [0.717, 1.165) is 38.9 Å². The fourth-order valence-corrected chi connectivity index (χ4v) is 2.20. The number of sulfone groups is 1. The molecule has 0 amide bonds. The fourth-order valence-electron chi connectivity index (χ4n) is 1.71. The number of hydrogen-bond donors (Lipinski definition) is 1. The standard InChI is InChI=1S/C10H16N4O2S/c1-17(15,16)9-7-12-10(13-8-9)14-5-2-3-11-4-6-14/h7-8,11H,2-6H2,1H3. The number of nitrogens with zero attached hydrogens (tertiary/aromatic N) is 3. The second-order valence-electron chi connectivity index (χ2n) is 4.08. The molecule has 94 valence electrons. The van der Waals surface area contributed by atoms with E-state index < -0.39 is 9.84 Å². The first-order valence-electron chi connectivity index (χ1n) is 5.55. The van der Waals surface area contributed by atoms with Crippen LogP contribution in [0.5, 0.6) is 0 Å². The third-order valence-electron chi connectivity index (χ3n) is 2.67. The van der Waals surface area contributed by atoms with Gasteiger partial charge in [-0.1, -0.05) is 0 Å². The van der Waals surface area contributed by atoms with Gasteiger partial charge in [-0.25, -0.2) is 18.4 Å². The van der Waals surface area contributed by atoms with E-state index in [9.17, 15) is 8.42 Å². The lowest BCUT2D eigenvalue weighted by molar-refractivity contribution is 0.601. The number of anilines is 1. The lowest BCUT2D eigenvalue weighted by atomic mass is 10.4. The molecule has 2 heterocycles. The summed E-state index contributed by atoms with van der Waals surface area (Å²) in [4.78, 5) is 10.5. The Morgan fingerprint density at radius 2 is 1.94 bits per heavy atom. The van der Waals surface area contributed by atoms with Gasteiger partial charge in [-0.15, -0.1) is 0 Å². The Balaban J connectivity index is 2.17. The molecule has 0 spiro atoms. The van der Waals surface area contributed by atoms with Crippen molar-refractivity contribution in [2.45, 2.75) is 11.3 Å². The van der Waals surface area contributed by atoms with Gasteiger partial charge in [0, 0.05) is 25.9 Å². The summed E-state index contributed by atoms with van der Waals surface area (Å²) < 4.78 is 22.5. The molecular formula is C10H16N4O2S. The lowest BCUT2D eigenvalue weighted by Gasteiger charge is -2.19. The SMILES string of the molecule is CS(=O)(=O)c1cnc(N2CCCNCC2)nc1. The maximum atomic E-state index is 11.3. The Morgan fingerprint density at radius 1 is 1.24 bits per heavy atom. The summed E-state index contributed by atoms with van der Waals surface area (Å²) in [6.45, 7) is 3.64. The molecule has 0 aliphatic carbocycles. The molecule has 1 N–H and O–H groups in total. The first kappa shape index (κ1) is 12.3. The molecule has 17 heavy (non-hydrogen) atoms. The quantitative estimate of drug-likeness (QED) is 0.781. The molecule has 1 aliphatic rings. The lowest BCUT2D eigenvalue weighted by Crippen LogP contribution is -2.29. The van der Waals surface area contributed by atoms with Crippen LogP contribution in [0.25, 0.3) is 0 Å². The summed E-state index contributed by atoms with van der Waals surface area (Å²) in [5.41, 5.74) is 0. The van der Waals surface area contributed by atoms with Gasteiger partial charge in [0.25, 0.3) is 0 Å². The third-order valence-corrected chi connectivity index (χ3v) is 3.73. The van der Waals surface area contributed by atoms with Crippen molar-refractivity contribution in [1.29, 1.82) is 0 Å². The molecule has 6 nitrogen and oxygen atoms in total. The van der Waals surface area contributed by atoms with Gasteiger partial charge in [0.1, 0.15) is 4.90 Å². The van der Waals surface area contributed by atoms with Gasteiger partial charge in [0.15, 0.2) is 9.84 Å². The van der Waals surface area contributed by atoms with Gasteiger partial charge in [-0.2, -0.15) is 0 Å². The van der Waals surface area contributed by atoms with Crippen molar-refractivity contribution in [2.75, 3.05) is 37.3 Å². The molecule has 0 aromatic carbocycles. The second kappa shape index (κ2) is 4.97. The van der Waals surface area contributed by atoms with Gasteiger partial charge in [0.2, 0.25) is 5.95 Å². The van der Waals surface area contributed by atoms with Gasteiger partial charge in [0.05, 0.1) is 12.4 Å². The molecule has 0 saturated carbocycles. The first-order chi connectivity index (χ1) is 8.07. The summed E-state index contributed by atoms with van der Waals surface area (Å²) in [7, 11) is -3.21. The number of aromatic nitrogens is 2. The largest absolute Gasteiger partial charge is 0.340 e. The fraction of sp³-hybridized carbons (Fsp3) is 0.600. The predicted molar refractivity (Wildman–Crippen MR) is 64.8 cm³/mol. The van der Waals surface area contributed by atoms with Crippen molar-refractivity contribution in [1.82, 2.24) is 15.3 Å². The zero-order valence-electron chi connectivity index (χ0n) is 9.76. The molecule has 0 bridgehead atoms.